The fraction of sp³-hybridized carbons (Fsp3) is 0.333. The molecule has 0 spiro atoms. The SMILES string of the molecule is C=CC[CH]CC(=O)O. The molecule has 1 radical (unpaired) electrons. The van der Waals surface area contributed by atoms with Crippen molar-refractivity contribution in [2.75, 3.05) is 0 Å². The quantitative estimate of drug-likeness (QED) is 0.440. The minimum atomic E-state index is -0.785. The van der Waals surface area contributed by atoms with Crippen molar-refractivity contribution in [3.8, 4) is 0 Å². The lowest BCUT2D eigenvalue weighted by Gasteiger charge is -1.86. The van der Waals surface area contributed by atoms with Gasteiger partial charge in [0.15, 0.2) is 0 Å². The van der Waals surface area contributed by atoms with E-state index in [0.29, 0.717) is 6.42 Å². The van der Waals surface area contributed by atoms with Crippen molar-refractivity contribution in [1.29, 1.82) is 0 Å². The van der Waals surface area contributed by atoms with Gasteiger partial charge in [-0.15, -0.1) is 6.58 Å². The zero-order valence-corrected chi connectivity index (χ0v) is 4.63. The lowest BCUT2D eigenvalue weighted by molar-refractivity contribution is -0.136. The van der Waals surface area contributed by atoms with E-state index in [1.165, 1.54) is 0 Å². The molecule has 0 aromatic heterocycles. The van der Waals surface area contributed by atoms with Crippen LogP contribution in [0.2, 0.25) is 0 Å². The van der Waals surface area contributed by atoms with Crippen molar-refractivity contribution in [3.63, 3.8) is 0 Å². The number of unbranched alkanes of at least 4 members (excludes halogenated alkanes) is 1. The maximum Gasteiger partial charge on any atom is 0.303 e. The molecule has 8 heavy (non-hydrogen) atoms. The van der Waals surface area contributed by atoms with Crippen LogP contribution in [-0.2, 0) is 4.79 Å². The van der Waals surface area contributed by atoms with E-state index in [-0.39, 0.29) is 6.42 Å². The summed E-state index contributed by atoms with van der Waals surface area (Å²) in [6.45, 7) is 3.43. The Morgan fingerprint density at radius 3 is 2.75 bits per heavy atom. The molecule has 2 nitrogen and oxygen atoms in total. The van der Waals surface area contributed by atoms with Gasteiger partial charge in [0, 0.05) is 6.42 Å². The summed E-state index contributed by atoms with van der Waals surface area (Å²) >= 11 is 0. The topological polar surface area (TPSA) is 37.3 Å². The predicted octanol–water partition coefficient (Wildman–Crippen LogP) is 1.24. The van der Waals surface area contributed by atoms with E-state index in [0.717, 1.165) is 0 Å². The summed E-state index contributed by atoms with van der Waals surface area (Å²) < 4.78 is 0. The number of rotatable bonds is 4. The molecule has 0 aromatic carbocycles. The molecule has 45 valence electrons. The van der Waals surface area contributed by atoms with Crippen molar-refractivity contribution in [1.82, 2.24) is 0 Å². The van der Waals surface area contributed by atoms with E-state index in [4.69, 9.17) is 5.11 Å². The fourth-order valence-corrected chi connectivity index (χ4v) is 0.325. The van der Waals surface area contributed by atoms with Gasteiger partial charge in [-0.2, -0.15) is 0 Å². The minimum Gasteiger partial charge on any atom is -0.481 e. The van der Waals surface area contributed by atoms with Crippen LogP contribution in [0.1, 0.15) is 12.8 Å². The van der Waals surface area contributed by atoms with Crippen molar-refractivity contribution in [2.24, 2.45) is 0 Å². The lowest BCUT2D eigenvalue weighted by atomic mass is 10.2. The van der Waals surface area contributed by atoms with Crippen molar-refractivity contribution >= 4 is 5.97 Å². The maximum absolute atomic E-state index is 9.81. The van der Waals surface area contributed by atoms with Crippen LogP contribution < -0.4 is 0 Å². The highest BCUT2D eigenvalue weighted by molar-refractivity contribution is 5.67. The maximum atomic E-state index is 9.81. The van der Waals surface area contributed by atoms with Crippen LogP contribution in [0.15, 0.2) is 12.7 Å². The van der Waals surface area contributed by atoms with Gasteiger partial charge in [-0.05, 0) is 12.8 Å². The van der Waals surface area contributed by atoms with Crippen molar-refractivity contribution in [3.05, 3.63) is 19.1 Å². The lowest BCUT2D eigenvalue weighted by Crippen LogP contribution is -1.92. The summed E-state index contributed by atoms with van der Waals surface area (Å²) in [6, 6.07) is 0. The molecule has 0 saturated heterocycles. The summed E-state index contributed by atoms with van der Waals surface area (Å²) in [4.78, 5) is 9.81. The van der Waals surface area contributed by atoms with Crippen LogP contribution in [0.25, 0.3) is 0 Å². The molecule has 0 saturated carbocycles. The molecule has 0 fully saturated rings. The first-order valence-corrected chi connectivity index (χ1v) is 2.41. The Morgan fingerprint density at radius 2 is 2.38 bits per heavy atom. The third-order valence-electron chi connectivity index (χ3n) is 0.652. The third kappa shape index (κ3) is 5.21. The van der Waals surface area contributed by atoms with Crippen LogP contribution >= 0.6 is 0 Å². The summed E-state index contributed by atoms with van der Waals surface area (Å²) in [7, 11) is 0. The molecule has 0 aliphatic heterocycles. The van der Waals surface area contributed by atoms with E-state index >= 15 is 0 Å². The van der Waals surface area contributed by atoms with Gasteiger partial charge in [0.25, 0.3) is 0 Å². The molecule has 0 aromatic rings. The number of aliphatic carboxylic acids is 1. The Bertz CT molecular complexity index is 86.5. The summed E-state index contributed by atoms with van der Waals surface area (Å²) in [6.07, 6.45) is 4.14. The highest BCUT2D eigenvalue weighted by Gasteiger charge is 1.92. The first-order chi connectivity index (χ1) is 3.77. The molecule has 1 N–H and O–H groups in total. The molecular weight excluding hydrogens is 104 g/mol. The largest absolute Gasteiger partial charge is 0.481 e. The number of hydrogen-bond donors (Lipinski definition) is 1. The van der Waals surface area contributed by atoms with Crippen LogP contribution in [0.3, 0.4) is 0 Å². The number of hydrogen-bond acceptors (Lipinski definition) is 1. The van der Waals surface area contributed by atoms with Crippen molar-refractivity contribution in [2.45, 2.75) is 12.8 Å². The van der Waals surface area contributed by atoms with E-state index in [2.05, 4.69) is 6.58 Å². The molecular formula is C6H9O2. The first-order valence-electron chi connectivity index (χ1n) is 2.41. The molecule has 0 aliphatic rings. The standard InChI is InChI=1S/C6H9O2/c1-2-3-4-5-6(7)8/h2,4H,1,3,5H2,(H,7,8). The van der Waals surface area contributed by atoms with Gasteiger partial charge in [-0.1, -0.05) is 6.08 Å². The third-order valence-corrected chi connectivity index (χ3v) is 0.652. The van der Waals surface area contributed by atoms with E-state index in [1.807, 2.05) is 0 Å². The Morgan fingerprint density at radius 1 is 1.75 bits per heavy atom. The first kappa shape index (κ1) is 7.21. The molecule has 0 aliphatic carbocycles. The van der Waals surface area contributed by atoms with Crippen molar-refractivity contribution < 1.29 is 9.90 Å². The van der Waals surface area contributed by atoms with Gasteiger partial charge in [-0.3, -0.25) is 4.79 Å². The summed E-state index contributed by atoms with van der Waals surface area (Å²) in [5, 5.41) is 8.07. The van der Waals surface area contributed by atoms with Crippen LogP contribution in [0.4, 0.5) is 0 Å². The molecule has 0 bridgehead atoms. The minimum absolute atomic E-state index is 0.131. The van der Waals surface area contributed by atoms with Gasteiger partial charge in [0.05, 0.1) is 0 Å². The highest BCUT2D eigenvalue weighted by Crippen LogP contribution is 1.91. The molecule has 0 heterocycles. The number of carboxylic acid groups (broad SMARTS) is 1. The van der Waals surface area contributed by atoms with Gasteiger partial charge < -0.3 is 5.11 Å². The second-order valence-corrected chi connectivity index (χ2v) is 1.41. The molecule has 0 rings (SSSR count). The Hall–Kier alpha value is -0.790. The average molecular weight is 113 g/mol. The second-order valence-electron chi connectivity index (χ2n) is 1.41. The second kappa shape index (κ2) is 4.37. The Labute approximate surface area is 48.8 Å². The fourth-order valence-electron chi connectivity index (χ4n) is 0.325. The smallest absolute Gasteiger partial charge is 0.303 e. The molecule has 0 atom stereocenters. The number of allylic oxidation sites excluding steroid dienone is 1. The van der Waals surface area contributed by atoms with Gasteiger partial charge in [-0.25, -0.2) is 0 Å². The number of carboxylic acids is 1. The van der Waals surface area contributed by atoms with Gasteiger partial charge in [0.1, 0.15) is 0 Å². The number of carbonyl (C=O) groups is 1. The average Bonchev–Trinajstić information content (AvgIpc) is 1.66. The Kier molecular flexibility index (Phi) is 3.94. The van der Waals surface area contributed by atoms with E-state index in [9.17, 15) is 4.79 Å². The summed E-state index contributed by atoms with van der Waals surface area (Å²) in [5.41, 5.74) is 0. The summed E-state index contributed by atoms with van der Waals surface area (Å²) in [5.74, 6) is -0.785. The zero-order valence-electron chi connectivity index (χ0n) is 4.63. The van der Waals surface area contributed by atoms with Crippen LogP contribution in [0.5, 0.6) is 0 Å². The van der Waals surface area contributed by atoms with Crippen LogP contribution in [0, 0.1) is 6.42 Å². The van der Waals surface area contributed by atoms with Gasteiger partial charge in [0.2, 0.25) is 0 Å². The highest BCUT2D eigenvalue weighted by atomic mass is 16.4. The molecule has 2 heteroatoms. The van der Waals surface area contributed by atoms with Crippen LogP contribution in [-0.4, -0.2) is 11.1 Å². The normalized spacial score (nSPS) is 8.50. The predicted molar refractivity (Wildman–Crippen MR) is 31.4 cm³/mol. The van der Waals surface area contributed by atoms with Gasteiger partial charge >= 0.3 is 5.97 Å². The van der Waals surface area contributed by atoms with E-state index < -0.39 is 5.97 Å². The Balaban J connectivity index is 2.93. The zero-order chi connectivity index (χ0) is 6.41. The molecule has 0 unspecified atom stereocenters. The monoisotopic (exact) mass is 113 g/mol. The molecule has 0 amide bonds. The van der Waals surface area contributed by atoms with E-state index in [1.54, 1.807) is 12.5 Å².